The van der Waals surface area contributed by atoms with Crippen LogP contribution in [0.2, 0.25) is 5.02 Å². The van der Waals surface area contributed by atoms with Crippen LogP contribution in [-0.2, 0) is 0 Å². The number of hydrogen-bond donors (Lipinski definition) is 1. The molecular formula is C22H20ClN3O4. The van der Waals surface area contributed by atoms with E-state index in [1.165, 1.54) is 12.1 Å². The second-order valence-corrected chi connectivity index (χ2v) is 6.60. The monoisotopic (exact) mass is 425 g/mol. The first kappa shape index (κ1) is 21.1. The maximum absolute atomic E-state index is 10.7. The summed E-state index contributed by atoms with van der Waals surface area (Å²) >= 11 is 6.06. The molecule has 8 heteroatoms. The topological polar surface area (TPSA) is 86.0 Å². The second kappa shape index (κ2) is 10.8. The number of nitro groups is 1. The Bertz CT molecular complexity index is 1010. The molecule has 1 N–H and O–H groups in total. The fraction of sp³-hybridized carbons (Fsp3) is 0.136. The van der Waals surface area contributed by atoms with Gasteiger partial charge in [-0.1, -0.05) is 35.9 Å². The summed E-state index contributed by atoms with van der Waals surface area (Å²) in [4.78, 5) is 10.2. The standard InChI is InChI=1S/C22H20ClN3O4/c23-20-7-2-4-9-22(20)30-15-5-14-29-21-8-3-1-6-17(21)16-24-25-18-10-12-19(13-11-18)26(27)28/h1-4,6-13,16,25H,5,14-15H2. The maximum Gasteiger partial charge on any atom is 0.269 e. The van der Waals surface area contributed by atoms with Crippen molar-refractivity contribution in [3.05, 3.63) is 93.5 Å². The summed E-state index contributed by atoms with van der Waals surface area (Å²) in [5.41, 5.74) is 4.32. The number of hydrogen-bond acceptors (Lipinski definition) is 6. The molecule has 0 fully saturated rings. The van der Waals surface area contributed by atoms with Crippen molar-refractivity contribution in [1.29, 1.82) is 0 Å². The van der Waals surface area contributed by atoms with Gasteiger partial charge >= 0.3 is 0 Å². The Hall–Kier alpha value is -3.58. The Kier molecular flexibility index (Phi) is 7.63. The van der Waals surface area contributed by atoms with Gasteiger partial charge in [0.25, 0.3) is 5.69 Å². The average Bonchev–Trinajstić information content (AvgIpc) is 2.76. The summed E-state index contributed by atoms with van der Waals surface area (Å²) < 4.78 is 11.5. The molecule has 0 aliphatic heterocycles. The highest BCUT2D eigenvalue weighted by atomic mass is 35.5. The van der Waals surface area contributed by atoms with Crippen LogP contribution in [-0.4, -0.2) is 24.4 Å². The molecule has 0 heterocycles. The van der Waals surface area contributed by atoms with Gasteiger partial charge in [-0.2, -0.15) is 5.10 Å². The Labute approximate surface area is 179 Å². The molecule has 0 spiro atoms. The van der Waals surface area contributed by atoms with Crippen LogP contribution in [0.3, 0.4) is 0 Å². The molecule has 3 aromatic carbocycles. The summed E-state index contributed by atoms with van der Waals surface area (Å²) in [6.07, 6.45) is 2.33. The largest absolute Gasteiger partial charge is 0.493 e. The highest BCUT2D eigenvalue weighted by Gasteiger charge is 2.04. The molecule has 0 saturated carbocycles. The Morgan fingerprint density at radius 1 is 0.933 bits per heavy atom. The summed E-state index contributed by atoms with van der Waals surface area (Å²) in [6, 6.07) is 20.9. The lowest BCUT2D eigenvalue weighted by Crippen LogP contribution is -2.06. The van der Waals surface area contributed by atoms with Gasteiger partial charge < -0.3 is 9.47 Å². The zero-order chi connectivity index (χ0) is 21.2. The van der Waals surface area contributed by atoms with Crippen molar-refractivity contribution in [3.8, 4) is 11.5 Å². The first-order chi connectivity index (χ1) is 14.6. The van der Waals surface area contributed by atoms with Gasteiger partial charge in [-0.05, 0) is 36.4 Å². The molecule has 3 rings (SSSR count). The zero-order valence-electron chi connectivity index (χ0n) is 16.0. The lowest BCUT2D eigenvalue weighted by molar-refractivity contribution is -0.384. The zero-order valence-corrected chi connectivity index (χ0v) is 16.8. The number of nitrogens with zero attached hydrogens (tertiary/aromatic N) is 2. The van der Waals surface area contributed by atoms with E-state index < -0.39 is 4.92 Å². The van der Waals surface area contributed by atoms with E-state index in [-0.39, 0.29) is 5.69 Å². The van der Waals surface area contributed by atoms with Crippen LogP contribution in [0.15, 0.2) is 77.9 Å². The minimum atomic E-state index is -0.444. The number of rotatable bonds is 10. The minimum absolute atomic E-state index is 0.0294. The number of non-ortho nitro benzene ring substituents is 1. The lowest BCUT2D eigenvalue weighted by Gasteiger charge is -2.10. The Balaban J connectivity index is 1.48. The average molecular weight is 426 g/mol. The number of benzene rings is 3. The Morgan fingerprint density at radius 2 is 1.57 bits per heavy atom. The fourth-order valence-corrected chi connectivity index (χ4v) is 2.73. The van der Waals surface area contributed by atoms with Gasteiger partial charge in [0.15, 0.2) is 0 Å². The summed E-state index contributed by atoms with van der Waals surface area (Å²) in [5.74, 6) is 1.36. The highest BCUT2D eigenvalue weighted by Crippen LogP contribution is 2.23. The molecule has 0 saturated heterocycles. The van der Waals surface area contributed by atoms with Crippen molar-refractivity contribution in [2.45, 2.75) is 6.42 Å². The predicted molar refractivity (Wildman–Crippen MR) is 118 cm³/mol. The van der Waals surface area contributed by atoms with E-state index in [1.807, 2.05) is 42.5 Å². The van der Waals surface area contributed by atoms with E-state index in [4.69, 9.17) is 21.1 Å². The van der Waals surface area contributed by atoms with Crippen molar-refractivity contribution < 1.29 is 14.4 Å². The smallest absolute Gasteiger partial charge is 0.269 e. The van der Waals surface area contributed by atoms with Gasteiger partial charge in [0.1, 0.15) is 11.5 Å². The molecule has 3 aromatic rings. The van der Waals surface area contributed by atoms with E-state index >= 15 is 0 Å². The molecule has 0 radical (unpaired) electrons. The van der Waals surface area contributed by atoms with Crippen molar-refractivity contribution in [1.82, 2.24) is 0 Å². The van der Waals surface area contributed by atoms with Gasteiger partial charge in [0.2, 0.25) is 0 Å². The number of nitro benzene ring substituents is 1. The van der Waals surface area contributed by atoms with Gasteiger partial charge in [0.05, 0.1) is 35.1 Å². The van der Waals surface area contributed by atoms with Crippen LogP contribution in [0, 0.1) is 10.1 Å². The third-order valence-electron chi connectivity index (χ3n) is 4.03. The fourth-order valence-electron chi connectivity index (χ4n) is 2.54. The highest BCUT2D eigenvalue weighted by molar-refractivity contribution is 6.32. The number of para-hydroxylation sites is 2. The maximum atomic E-state index is 10.7. The molecule has 0 bridgehead atoms. The number of anilines is 1. The molecule has 30 heavy (non-hydrogen) atoms. The molecule has 0 aromatic heterocycles. The molecule has 154 valence electrons. The molecule has 0 aliphatic carbocycles. The number of nitrogens with one attached hydrogen (secondary N) is 1. The molecular weight excluding hydrogens is 406 g/mol. The van der Waals surface area contributed by atoms with Crippen molar-refractivity contribution in [2.24, 2.45) is 5.10 Å². The summed E-state index contributed by atoms with van der Waals surface area (Å²) in [5, 5.41) is 15.5. The van der Waals surface area contributed by atoms with Gasteiger partial charge in [0, 0.05) is 24.1 Å². The first-order valence-corrected chi connectivity index (χ1v) is 9.64. The molecule has 0 unspecified atom stereocenters. The SMILES string of the molecule is O=[N+]([O-])c1ccc(NN=Cc2ccccc2OCCCOc2ccccc2Cl)cc1. The second-order valence-electron chi connectivity index (χ2n) is 6.19. The Morgan fingerprint density at radius 3 is 2.27 bits per heavy atom. The van der Waals surface area contributed by atoms with Crippen LogP contribution < -0.4 is 14.9 Å². The number of halogens is 1. The lowest BCUT2D eigenvalue weighted by atomic mass is 10.2. The molecule has 7 nitrogen and oxygen atoms in total. The van der Waals surface area contributed by atoms with E-state index in [1.54, 1.807) is 24.4 Å². The predicted octanol–water partition coefficient (Wildman–Crippen LogP) is 5.54. The van der Waals surface area contributed by atoms with Crippen LogP contribution in [0.4, 0.5) is 11.4 Å². The van der Waals surface area contributed by atoms with E-state index in [0.29, 0.717) is 41.8 Å². The third kappa shape index (κ3) is 6.22. The summed E-state index contributed by atoms with van der Waals surface area (Å²) in [6.45, 7) is 0.965. The van der Waals surface area contributed by atoms with Gasteiger partial charge in [-0.25, -0.2) is 0 Å². The first-order valence-electron chi connectivity index (χ1n) is 9.26. The van der Waals surface area contributed by atoms with Crippen molar-refractivity contribution in [2.75, 3.05) is 18.6 Å². The van der Waals surface area contributed by atoms with Crippen LogP contribution in [0.5, 0.6) is 11.5 Å². The van der Waals surface area contributed by atoms with E-state index in [2.05, 4.69) is 10.5 Å². The minimum Gasteiger partial charge on any atom is -0.493 e. The van der Waals surface area contributed by atoms with Gasteiger partial charge in [-0.3, -0.25) is 15.5 Å². The van der Waals surface area contributed by atoms with E-state index in [0.717, 1.165) is 5.56 Å². The molecule has 0 aliphatic rings. The normalized spacial score (nSPS) is 10.7. The number of ether oxygens (including phenoxy) is 2. The van der Waals surface area contributed by atoms with Crippen LogP contribution >= 0.6 is 11.6 Å². The van der Waals surface area contributed by atoms with Crippen LogP contribution in [0.25, 0.3) is 0 Å². The van der Waals surface area contributed by atoms with E-state index in [9.17, 15) is 10.1 Å². The third-order valence-corrected chi connectivity index (χ3v) is 4.35. The molecule has 0 amide bonds. The molecule has 0 atom stereocenters. The summed E-state index contributed by atoms with van der Waals surface area (Å²) in [7, 11) is 0. The van der Waals surface area contributed by atoms with Crippen molar-refractivity contribution >= 4 is 29.2 Å². The number of hydrazone groups is 1. The van der Waals surface area contributed by atoms with Gasteiger partial charge in [-0.15, -0.1) is 0 Å². The quantitative estimate of drug-likeness (QED) is 0.199. The van der Waals surface area contributed by atoms with Crippen molar-refractivity contribution in [3.63, 3.8) is 0 Å². The van der Waals surface area contributed by atoms with Crippen LogP contribution in [0.1, 0.15) is 12.0 Å².